The highest BCUT2D eigenvalue weighted by Crippen LogP contribution is 2.18. The van der Waals surface area contributed by atoms with Crippen LogP contribution in [-0.2, 0) is 4.79 Å². The maximum Gasteiger partial charge on any atom is 0.251 e. The molecular formula is C13H17NO. The summed E-state index contributed by atoms with van der Waals surface area (Å²) >= 11 is 0. The molecule has 2 heteroatoms. The van der Waals surface area contributed by atoms with Gasteiger partial charge in [-0.1, -0.05) is 44.0 Å². The number of allylic oxidation sites excluding steroid dienone is 5. The molecule has 0 bridgehead atoms. The Labute approximate surface area is 91.4 Å². The smallest absolute Gasteiger partial charge is 0.251 e. The maximum atomic E-state index is 11.5. The highest BCUT2D eigenvalue weighted by Gasteiger charge is 2.10. The van der Waals surface area contributed by atoms with Gasteiger partial charge >= 0.3 is 0 Å². The van der Waals surface area contributed by atoms with Crippen LogP contribution in [0.2, 0.25) is 0 Å². The average Bonchev–Trinajstić information content (AvgIpc) is 2.28. The number of amides is 1. The molecule has 2 nitrogen and oxygen atoms in total. The minimum atomic E-state index is -0.180. The Morgan fingerprint density at radius 1 is 1.07 bits per heavy atom. The summed E-state index contributed by atoms with van der Waals surface area (Å²) in [5, 5.41) is 2.56. The number of nitrogens with one attached hydrogen (secondary N) is 1. The number of hydrogen-bond donors (Lipinski definition) is 1. The van der Waals surface area contributed by atoms with Crippen LogP contribution in [-0.4, -0.2) is 13.0 Å². The van der Waals surface area contributed by atoms with E-state index in [1.165, 1.54) is 6.08 Å². The summed E-state index contributed by atoms with van der Waals surface area (Å²) in [6.45, 7) is 12.9. The minimum Gasteiger partial charge on any atom is -0.355 e. The third-order valence-electron chi connectivity index (χ3n) is 2.01. The first-order chi connectivity index (χ1) is 7.15. The summed E-state index contributed by atoms with van der Waals surface area (Å²) in [5.41, 5.74) is 2.10. The van der Waals surface area contributed by atoms with Gasteiger partial charge in [0.2, 0.25) is 0 Å². The zero-order valence-electron chi connectivity index (χ0n) is 9.34. The molecule has 0 aliphatic heterocycles. The van der Waals surface area contributed by atoms with Crippen molar-refractivity contribution in [2.24, 2.45) is 0 Å². The lowest BCUT2D eigenvalue weighted by atomic mass is 9.99. The zero-order valence-corrected chi connectivity index (χ0v) is 9.34. The van der Waals surface area contributed by atoms with Crippen LogP contribution < -0.4 is 5.32 Å². The first kappa shape index (κ1) is 13.2. The molecule has 0 radical (unpaired) electrons. The van der Waals surface area contributed by atoms with Crippen molar-refractivity contribution < 1.29 is 4.79 Å². The Balaban J connectivity index is 5.63. The quantitative estimate of drug-likeness (QED) is 0.540. The van der Waals surface area contributed by atoms with E-state index in [4.69, 9.17) is 0 Å². The van der Waals surface area contributed by atoms with E-state index in [1.54, 1.807) is 19.2 Å². The largest absolute Gasteiger partial charge is 0.355 e. The van der Waals surface area contributed by atoms with Gasteiger partial charge in [0.05, 0.1) is 0 Å². The highest BCUT2D eigenvalue weighted by atomic mass is 16.1. The molecule has 80 valence electrons. The van der Waals surface area contributed by atoms with E-state index in [9.17, 15) is 4.79 Å². The van der Waals surface area contributed by atoms with Crippen molar-refractivity contribution in [3.63, 3.8) is 0 Å². The molecule has 0 atom stereocenters. The summed E-state index contributed by atoms with van der Waals surface area (Å²) < 4.78 is 0. The van der Waals surface area contributed by atoms with Crippen molar-refractivity contribution in [1.29, 1.82) is 0 Å². The molecule has 0 saturated carbocycles. The number of likely N-dealkylation sites (N-methyl/N-ethyl adjacent to an activating group) is 1. The van der Waals surface area contributed by atoms with E-state index in [0.717, 1.165) is 11.1 Å². The molecule has 0 aromatic rings. The number of carbonyl (C=O) groups excluding carboxylic acids is 1. The summed E-state index contributed by atoms with van der Waals surface area (Å²) in [6, 6.07) is 0. The van der Waals surface area contributed by atoms with Crippen LogP contribution in [0.4, 0.5) is 0 Å². The maximum absolute atomic E-state index is 11.5. The van der Waals surface area contributed by atoms with Crippen LogP contribution in [0.1, 0.15) is 6.92 Å². The van der Waals surface area contributed by atoms with Gasteiger partial charge in [0.1, 0.15) is 0 Å². The zero-order chi connectivity index (χ0) is 11.8. The molecule has 0 aromatic carbocycles. The molecule has 0 aliphatic rings. The van der Waals surface area contributed by atoms with Crippen molar-refractivity contribution >= 4 is 5.91 Å². The Morgan fingerprint density at radius 3 is 1.87 bits per heavy atom. The van der Waals surface area contributed by atoms with E-state index in [2.05, 4.69) is 25.1 Å². The first-order valence-corrected chi connectivity index (χ1v) is 4.66. The molecule has 0 fully saturated rings. The van der Waals surface area contributed by atoms with E-state index >= 15 is 0 Å². The number of carbonyl (C=O) groups is 1. The van der Waals surface area contributed by atoms with Crippen molar-refractivity contribution in [3.8, 4) is 0 Å². The highest BCUT2D eigenvalue weighted by molar-refractivity contribution is 5.98. The first-order valence-electron chi connectivity index (χ1n) is 4.66. The summed E-state index contributed by atoms with van der Waals surface area (Å²) in [7, 11) is 1.58. The SMILES string of the molecule is C=C/C(C(=O)NC)=C(C=C)/C(C=C)=C/C. The molecule has 1 amide bonds. The third kappa shape index (κ3) is 3.09. The van der Waals surface area contributed by atoms with Gasteiger partial charge in [-0.3, -0.25) is 4.79 Å². The molecule has 1 N–H and O–H groups in total. The summed E-state index contributed by atoms with van der Waals surface area (Å²) in [5.74, 6) is -0.180. The summed E-state index contributed by atoms with van der Waals surface area (Å²) in [6.07, 6.45) is 6.70. The lowest BCUT2D eigenvalue weighted by molar-refractivity contribution is -0.116. The van der Waals surface area contributed by atoms with Crippen molar-refractivity contribution in [2.75, 3.05) is 7.05 Å². The Kier molecular flexibility index (Phi) is 5.79. The predicted molar refractivity (Wildman–Crippen MR) is 65.4 cm³/mol. The van der Waals surface area contributed by atoms with Crippen molar-refractivity contribution in [1.82, 2.24) is 5.32 Å². The summed E-state index contributed by atoms with van der Waals surface area (Å²) in [4.78, 5) is 11.5. The van der Waals surface area contributed by atoms with Gasteiger partial charge in [-0.05, 0) is 18.1 Å². The van der Waals surface area contributed by atoms with Gasteiger partial charge in [-0.15, -0.1) is 0 Å². The molecule has 0 saturated heterocycles. The molecule has 15 heavy (non-hydrogen) atoms. The average molecular weight is 203 g/mol. The third-order valence-corrected chi connectivity index (χ3v) is 2.01. The van der Waals surface area contributed by atoms with Crippen LogP contribution in [0.3, 0.4) is 0 Å². The monoisotopic (exact) mass is 203 g/mol. The predicted octanol–water partition coefficient (Wildman–Crippen LogP) is 2.53. The lowest BCUT2D eigenvalue weighted by Gasteiger charge is -2.08. The van der Waals surface area contributed by atoms with Crippen LogP contribution in [0.25, 0.3) is 0 Å². The topological polar surface area (TPSA) is 29.1 Å². The van der Waals surface area contributed by atoms with E-state index < -0.39 is 0 Å². The Bertz CT molecular complexity index is 346. The minimum absolute atomic E-state index is 0.180. The van der Waals surface area contributed by atoms with E-state index in [1.807, 2.05) is 13.0 Å². The second-order valence-electron chi connectivity index (χ2n) is 2.76. The van der Waals surface area contributed by atoms with Crippen molar-refractivity contribution in [2.45, 2.75) is 6.92 Å². The van der Waals surface area contributed by atoms with Crippen LogP contribution in [0.5, 0.6) is 0 Å². The molecule has 0 aliphatic carbocycles. The fraction of sp³-hybridized carbons (Fsp3) is 0.154. The van der Waals surface area contributed by atoms with Crippen molar-refractivity contribution in [3.05, 3.63) is 60.8 Å². The van der Waals surface area contributed by atoms with Crippen LogP contribution in [0.15, 0.2) is 60.8 Å². The van der Waals surface area contributed by atoms with Gasteiger partial charge in [0, 0.05) is 12.6 Å². The number of rotatable bonds is 5. The fourth-order valence-corrected chi connectivity index (χ4v) is 1.23. The number of hydrogen-bond acceptors (Lipinski definition) is 1. The molecule has 0 spiro atoms. The van der Waals surface area contributed by atoms with Crippen LogP contribution >= 0.6 is 0 Å². The van der Waals surface area contributed by atoms with E-state index in [-0.39, 0.29) is 5.91 Å². The molecule has 0 heterocycles. The molecule has 0 aromatic heterocycles. The standard InChI is InChI=1S/C13H17NO/c1-6-10(7-2)11(8-3)12(9-4)13(15)14-5/h6-9H,1,3-4H2,2,5H3,(H,14,15)/b10-7+,12-11-. The molecule has 0 unspecified atom stereocenters. The second-order valence-corrected chi connectivity index (χ2v) is 2.76. The fourth-order valence-electron chi connectivity index (χ4n) is 1.23. The lowest BCUT2D eigenvalue weighted by Crippen LogP contribution is -2.20. The van der Waals surface area contributed by atoms with Gasteiger partial charge in [-0.25, -0.2) is 0 Å². The molecular weight excluding hydrogens is 186 g/mol. The van der Waals surface area contributed by atoms with Gasteiger partial charge < -0.3 is 5.32 Å². The Hall–Kier alpha value is -1.83. The van der Waals surface area contributed by atoms with Gasteiger partial charge in [-0.2, -0.15) is 0 Å². The van der Waals surface area contributed by atoms with Gasteiger partial charge in [0.15, 0.2) is 0 Å². The van der Waals surface area contributed by atoms with Crippen LogP contribution in [0, 0.1) is 0 Å². The molecule has 0 rings (SSSR count). The van der Waals surface area contributed by atoms with Gasteiger partial charge in [0.25, 0.3) is 5.91 Å². The van der Waals surface area contributed by atoms with E-state index in [0.29, 0.717) is 5.57 Å². The normalized spacial score (nSPS) is 12.5. The second kappa shape index (κ2) is 6.60. The Morgan fingerprint density at radius 2 is 1.60 bits per heavy atom.